The number of hydrogen-bond donors (Lipinski definition) is 1. The molecule has 72 valence electrons. The quantitative estimate of drug-likeness (QED) is 0.754. The highest BCUT2D eigenvalue weighted by Crippen LogP contribution is 2.27. The van der Waals surface area contributed by atoms with Crippen LogP contribution in [0.4, 0.5) is 0 Å². The Labute approximate surface area is 80.4 Å². The maximum Gasteiger partial charge on any atom is 0.0871 e. The molecule has 0 fully saturated rings. The predicted molar refractivity (Wildman–Crippen MR) is 55.7 cm³/mol. The van der Waals surface area contributed by atoms with Crippen molar-refractivity contribution in [2.75, 3.05) is 0 Å². The fraction of sp³-hybridized carbons (Fsp3) is 0.500. The van der Waals surface area contributed by atoms with Crippen molar-refractivity contribution >= 4 is 0 Å². The Kier molecular flexibility index (Phi) is 3.10. The Morgan fingerprint density at radius 2 is 1.92 bits per heavy atom. The summed E-state index contributed by atoms with van der Waals surface area (Å²) in [4.78, 5) is 0. The van der Waals surface area contributed by atoms with E-state index < -0.39 is 5.60 Å². The standard InChI is InChI=1S/C12H18O/c1-4-9-12(3,13)11-8-6-5-7-10(11)2/h5-8,13H,4,9H2,1-3H3/t12-/m0/s1. The Morgan fingerprint density at radius 3 is 2.46 bits per heavy atom. The number of benzene rings is 1. The summed E-state index contributed by atoms with van der Waals surface area (Å²) in [5.74, 6) is 0. The van der Waals surface area contributed by atoms with Gasteiger partial charge in [-0.15, -0.1) is 0 Å². The monoisotopic (exact) mass is 178 g/mol. The summed E-state index contributed by atoms with van der Waals surface area (Å²) < 4.78 is 0. The van der Waals surface area contributed by atoms with Gasteiger partial charge in [-0.2, -0.15) is 0 Å². The number of aliphatic hydroxyl groups is 1. The van der Waals surface area contributed by atoms with Crippen LogP contribution >= 0.6 is 0 Å². The van der Waals surface area contributed by atoms with Crippen molar-refractivity contribution in [1.82, 2.24) is 0 Å². The van der Waals surface area contributed by atoms with E-state index in [1.165, 1.54) is 5.56 Å². The van der Waals surface area contributed by atoms with Gasteiger partial charge in [0.2, 0.25) is 0 Å². The lowest BCUT2D eigenvalue weighted by Gasteiger charge is -2.25. The fourth-order valence-electron chi connectivity index (χ4n) is 1.80. The molecule has 0 aromatic heterocycles. The van der Waals surface area contributed by atoms with Gasteiger partial charge in [0, 0.05) is 0 Å². The molecular formula is C12H18O. The molecule has 0 spiro atoms. The second kappa shape index (κ2) is 3.93. The molecule has 13 heavy (non-hydrogen) atoms. The van der Waals surface area contributed by atoms with Crippen LogP contribution in [0.2, 0.25) is 0 Å². The number of hydrogen-bond acceptors (Lipinski definition) is 1. The molecule has 0 unspecified atom stereocenters. The topological polar surface area (TPSA) is 20.2 Å². The minimum atomic E-state index is -0.667. The zero-order chi connectivity index (χ0) is 9.90. The molecule has 1 rings (SSSR count). The van der Waals surface area contributed by atoms with E-state index in [9.17, 15) is 5.11 Å². The first-order chi connectivity index (χ1) is 6.08. The van der Waals surface area contributed by atoms with Crippen LogP contribution in [0, 0.1) is 6.92 Å². The highest BCUT2D eigenvalue weighted by Gasteiger charge is 2.22. The molecule has 0 aliphatic heterocycles. The van der Waals surface area contributed by atoms with Gasteiger partial charge in [-0.05, 0) is 31.4 Å². The average molecular weight is 178 g/mol. The van der Waals surface area contributed by atoms with Crippen LogP contribution in [0.3, 0.4) is 0 Å². The Balaban J connectivity index is 2.99. The van der Waals surface area contributed by atoms with Gasteiger partial charge in [-0.1, -0.05) is 37.6 Å². The van der Waals surface area contributed by atoms with Gasteiger partial charge >= 0.3 is 0 Å². The van der Waals surface area contributed by atoms with Crippen LogP contribution in [-0.2, 0) is 5.60 Å². The van der Waals surface area contributed by atoms with Crippen LogP contribution in [0.15, 0.2) is 24.3 Å². The zero-order valence-corrected chi connectivity index (χ0v) is 8.67. The predicted octanol–water partition coefficient (Wildman–Crippen LogP) is 3.00. The molecule has 0 heterocycles. The SMILES string of the molecule is CCC[C@](C)(O)c1ccccc1C. The van der Waals surface area contributed by atoms with Crippen LogP contribution in [0.1, 0.15) is 37.8 Å². The third-order valence-corrected chi connectivity index (χ3v) is 2.46. The fourth-order valence-corrected chi connectivity index (χ4v) is 1.80. The molecule has 1 aromatic rings. The third kappa shape index (κ3) is 2.31. The first-order valence-electron chi connectivity index (χ1n) is 4.86. The van der Waals surface area contributed by atoms with Crippen LogP contribution < -0.4 is 0 Å². The Morgan fingerprint density at radius 1 is 1.31 bits per heavy atom. The Hall–Kier alpha value is -0.820. The van der Waals surface area contributed by atoms with Crippen molar-refractivity contribution in [3.8, 4) is 0 Å². The van der Waals surface area contributed by atoms with E-state index in [-0.39, 0.29) is 0 Å². The molecular weight excluding hydrogens is 160 g/mol. The smallest absolute Gasteiger partial charge is 0.0871 e. The minimum absolute atomic E-state index is 0.667. The molecule has 1 nitrogen and oxygen atoms in total. The van der Waals surface area contributed by atoms with E-state index in [1.807, 2.05) is 38.1 Å². The van der Waals surface area contributed by atoms with Crippen molar-refractivity contribution in [3.63, 3.8) is 0 Å². The molecule has 0 saturated heterocycles. The van der Waals surface area contributed by atoms with E-state index in [0.717, 1.165) is 18.4 Å². The van der Waals surface area contributed by atoms with Crippen molar-refractivity contribution in [2.45, 2.75) is 39.2 Å². The maximum atomic E-state index is 10.2. The van der Waals surface area contributed by atoms with Gasteiger partial charge in [0.15, 0.2) is 0 Å². The van der Waals surface area contributed by atoms with Crippen LogP contribution in [0.25, 0.3) is 0 Å². The van der Waals surface area contributed by atoms with Gasteiger partial charge in [-0.25, -0.2) is 0 Å². The molecule has 1 heteroatoms. The van der Waals surface area contributed by atoms with E-state index >= 15 is 0 Å². The lowest BCUT2D eigenvalue weighted by atomic mass is 9.88. The minimum Gasteiger partial charge on any atom is -0.385 e. The van der Waals surface area contributed by atoms with Gasteiger partial charge < -0.3 is 5.11 Å². The zero-order valence-electron chi connectivity index (χ0n) is 8.67. The molecule has 0 aliphatic rings. The largest absolute Gasteiger partial charge is 0.385 e. The summed E-state index contributed by atoms with van der Waals surface area (Å²) in [6.45, 7) is 6.02. The van der Waals surface area contributed by atoms with Crippen molar-refractivity contribution < 1.29 is 5.11 Å². The van der Waals surface area contributed by atoms with Gasteiger partial charge in [0.05, 0.1) is 5.60 Å². The van der Waals surface area contributed by atoms with Crippen molar-refractivity contribution in [1.29, 1.82) is 0 Å². The van der Waals surface area contributed by atoms with Gasteiger partial charge in [-0.3, -0.25) is 0 Å². The third-order valence-electron chi connectivity index (χ3n) is 2.46. The van der Waals surface area contributed by atoms with Gasteiger partial charge in [0.25, 0.3) is 0 Å². The molecule has 0 aliphatic carbocycles. The molecule has 1 aromatic carbocycles. The summed E-state index contributed by atoms with van der Waals surface area (Å²) >= 11 is 0. The highest BCUT2D eigenvalue weighted by atomic mass is 16.3. The summed E-state index contributed by atoms with van der Waals surface area (Å²) in [7, 11) is 0. The van der Waals surface area contributed by atoms with E-state index in [4.69, 9.17) is 0 Å². The summed E-state index contributed by atoms with van der Waals surface area (Å²) in [6, 6.07) is 8.03. The highest BCUT2D eigenvalue weighted by molar-refractivity contribution is 5.30. The molecule has 0 bridgehead atoms. The lowest BCUT2D eigenvalue weighted by Crippen LogP contribution is -2.21. The summed E-state index contributed by atoms with van der Waals surface area (Å²) in [5, 5.41) is 10.2. The maximum absolute atomic E-state index is 10.2. The molecule has 1 atom stereocenters. The summed E-state index contributed by atoms with van der Waals surface area (Å²) in [5.41, 5.74) is 1.55. The average Bonchev–Trinajstić information content (AvgIpc) is 2.04. The second-order valence-electron chi connectivity index (χ2n) is 3.84. The Bertz CT molecular complexity index is 276. The van der Waals surface area contributed by atoms with E-state index in [1.54, 1.807) is 0 Å². The number of rotatable bonds is 3. The number of aryl methyl sites for hydroxylation is 1. The molecule has 0 radical (unpaired) electrons. The van der Waals surface area contributed by atoms with Crippen molar-refractivity contribution in [2.24, 2.45) is 0 Å². The van der Waals surface area contributed by atoms with Gasteiger partial charge in [0.1, 0.15) is 0 Å². The first-order valence-corrected chi connectivity index (χ1v) is 4.86. The van der Waals surface area contributed by atoms with Crippen molar-refractivity contribution in [3.05, 3.63) is 35.4 Å². The molecule has 1 N–H and O–H groups in total. The van der Waals surface area contributed by atoms with E-state index in [0.29, 0.717) is 0 Å². The first kappa shape index (κ1) is 10.3. The summed E-state index contributed by atoms with van der Waals surface area (Å²) in [6.07, 6.45) is 1.82. The molecule has 0 saturated carbocycles. The van der Waals surface area contributed by atoms with Crippen LogP contribution in [0.5, 0.6) is 0 Å². The lowest BCUT2D eigenvalue weighted by molar-refractivity contribution is 0.0463. The normalized spacial score (nSPS) is 15.4. The van der Waals surface area contributed by atoms with E-state index in [2.05, 4.69) is 6.92 Å². The second-order valence-corrected chi connectivity index (χ2v) is 3.84. The molecule has 0 amide bonds. The van der Waals surface area contributed by atoms with Crippen LogP contribution in [-0.4, -0.2) is 5.11 Å².